The van der Waals surface area contributed by atoms with E-state index in [1.165, 1.54) is 38.5 Å². The second-order valence-electron chi connectivity index (χ2n) is 5.58. The fourth-order valence-corrected chi connectivity index (χ4v) is 3.20. The first-order chi connectivity index (χ1) is 13.4. The van der Waals surface area contributed by atoms with Gasteiger partial charge >= 0.3 is 11.9 Å². The minimum Gasteiger partial charge on any atom is -0.768 e. The normalized spacial score (nSPS) is 16.1. The standard InChI is InChI=1S/C19H16O8S/c1-24-15-9-11(7-8-13(15)18(20)25-2)26-19(21)16-10-17(28(22)23)12-5-3-4-6-14(12)27-16/h3-10,16H,1-2H3,(H,22,23)/p-1. The molecule has 146 valence electrons. The highest BCUT2D eigenvalue weighted by molar-refractivity contribution is 7.89. The highest BCUT2D eigenvalue weighted by Gasteiger charge is 2.28. The van der Waals surface area contributed by atoms with Crippen LogP contribution in [-0.2, 0) is 20.6 Å². The van der Waals surface area contributed by atoms with E-state index in [4.69, 9.17) is 14.2 Å². The average molecular weight is 403 g/mol. The summed E-state index contributed by atoms with van der Waals surface area (Å²) in [7, 11) is 2.59. The number of hydrogen-bond donors (Lipinski definition) is 0. The maximum atomic E-state index is 12.5. The highest BCUT2D eigenvalue weighted by Crippen LogP contribution is 2.34. The van der Waals surface area contributed by atoms with Gasteiger partial charge in [0.1, 0.15) is 22.8 Å². The number of fused-ring (bicyclic) bond motifs is 1. The summed E-state index contributed by atoms with van der Waals surface area (Å²) < 4.78 is 43.6. The number of benzene rings is 2. The number of hydrogen-bond acceptors (Lipinski definition) is 8. The molecule has 0 fully saturated rings. The third-order valence-electron chi connectivity index (χ3n) is 3.92. The van der Waals surface area contributed by atoms with Crippen LogP contribution in [-0.4, -0.2) is 41.0 Å². The van der Waals surface area contributed by atoms with Gasteiger partial charge in [-0.05, 0) is 35.4 Å². The van der Waals surface area contributed by atoms with Crippen molar-refractivity contribution < 1.29 is 37.3 Å². The third-order valence-corrected chi connectivity index (χ3v) is 4.63. The number of esters is 2. The Bertz CT molecular complexity index is 982. The molecule has 0 aromatic heterocycles. The Balaban J connectivity index is 1.85. The molecule has 0 amide bonds. The minimum absolute atomic E-state index is 0.0533. The SMILES string of the molecule is COC(=O)c1ccc(OC(=O)C2C=C(S(=O)[O-])c3ccccc3O2)cc1OC. The van der Waals surface area contributed by atoms with Crippen LogP contribution >= 0.6 is 0 Å². The summed E-state index contributed by atoms with van der Waals surface area (Å²) in [5.74, 6) is -0.929. The molecule has 1 aliphatic heterocycles. The van der Waals surface area contributed by atoms with Gasteiger partial charge in [-0.3, -0.25) is 4.21 Å². The van der Waals surface area contributed by atoms with Gasteiger partial charge in [0.2, 0.25) is 6.10 Å². The van der Waals surface area contributed by atoms with Gasteiger partial charge in [0, 0.05) is 16.5 Å². The molecule has 0 radical (unpaired) electrons. The second kappa shape index (κ2) is 8.24. The van der Waals surface area contributed by atoms with Crippen molar-refractivity contribution in [2.75, 3.05) is 14.2 Å². The summed E-state index contributed by atoms with van der Waals surface area (Å²) in [5, 5.41) is 0. The molecule has 2 atom stereocenters. The van der Waals surface area contributed by atoms with Crippen LogP contribution in [0.4, 0.5) is 0 Å². The molecule has 0 aliphatic carbocycles. The van der Waals surface area contributed by atoms with Gasteiger partial charge < -0.3 is 23.5 Å². The van der Waals surface area contributed by atoms with Crippen molar-refractivity contribution in [2.45, 2.75) is 6.10 Å². The fourth-order valence-electron chi connectivity index (χ4n) is 2.62. The van der Waals surface area contributed by atoms with Gasteiger partial charge in [0.05, 0.1) is 14.2 Å². The minimum atomic E-state index is -2.56. The Morgan fingerprint density at radius 3 is 2.57 bits per heavy atom. The quantitative estimate of drug-likeness (QED) is 0.424. The van der Waals surface area contributed by atoms with Gasteiger partial charge in [0.25, 0.3) is 0 Å². The lowest BCUT2D eigenvalue weighted by molar-refractivity contribution is -0.140. The molecule has 2 unspecified atom stereocenters. The lowest BCUT2D eigenvalue weighted by atomic mass is 10.1. The first kappa shape index (κ1) is 19.6. The van der Waals surface area contributed by atoms with E-state index in [1.807, 2.05) is 0 Å². The van der Waals surface area contributed by atoms with Crippen molar-refractivity contribution in [3.8, 4) is 17.2 Å². The van der Waals surface area contributed by atoms with Gasteiger partial charge in [-0.2, -0.15) is 0 Å². The van der Waals surface area contributed by atoms with E-state index in [9.17, 15) is 18.4 Å². The number of carbonyl (C=O) groups is 2. The largest absolute Gasteiger partial charge is 0.768 e. The smallest absolute Gasteiger partial charge is 0.356 e. The van der Waals surface area contributed by atoms with E-state index < -0.39 is 29.1 Å². The van der Waals surface area contributed by atoms with E-state index in [-0.39, 0.29) is 27.7 Å². The van der Waals surface area contributed by atoms with Gasteiger partial charge in [-0.15, -0.1) is 0 Å². The molecule has 9 heteroatoms. The van der Waals surface area contributed by atoms with Gasteiger partial charge in [-0.25, -0.2) is 9.59 Å². The molecule has 0 saturated heterocycles. The third kappa shape index (κ3) is 3.90. The van der Waals surface area contributed by atoms with E-state index in [0.717, 1.165) is 0 Å². The summed E-state index contributed by atoms with van der Waals surface area (Å²) in [6, 6.07) is 10.6. The summed E-state index contributed by atoms with van der Waals surface area (Å²) in [6.45, 7) is 0. The zero-order chi connectivity index (χ0) is 20.3. The fraction of sp³-hybridized carbons (Fsp3) is 0.158. The zero-order valence-corrected chi connectivity index (χ0v) is 15.7. The van der Waals surface area contributed by atoms with Crippen LogP contribution in [0.1, 0.15) is 15.9 Å². The predicted molar refractivity (Wildman–Crippen MR) is 97.7 cm³/mol. The average Bonchev–Trinajstić information content (AvgIpc) is 2.71. The topological polar surface area (TPSA) is 111 Å². The van der Waals surface area contributed by atoms with Crippen LogP contribution < -0.4 is 14.2 Å². The molecule has 3 rings (SSSR count). The van der Waals surface area contributed by atoms with Crippen molar-refractivity contribution in [1.82, 2.24) is 0 Å². The first-order valence-electron chi connectivity index (χ1n) is 7.99. The second-order valence-corrected chi connectivity index (χ2v) is 6.48. The number of rotatable bonds is 5. The number of ether oxygens (including phenoxy) is 4. The summed E-state index contributed by atoms with van der Waals surface area (Å²) in [5.41, 5.74) is 0.528. The Labute approximate surface area is 163 Å². The Hall–Kier alpha value is -3.17. The van der Waals surface area contributed by atoms with E-state index in [0.29, 0.717) is 5.56 Å². The Morgan fingerprint density at radius 2 is 1.89 bits per heavy atom. The molecule has 28 heavy (non-hydrogen) atoms. The molecule has 0 bridgehead atoms. The van der Waals surface area contributed by atoms with Crippen LogP contribution in [0.2, 0.25) is 0 Å². The number of para-hydroxylation sites is 1. The summed E-state index contributed by atoms with van der Waals surface area (Å²) >= 11 is -2.56. The number of methoxy groups -OCH3 is 2. The zero-order valence-electron chi connectivity index (χ0n) is 14.9. The molecular weight excluding hydrogens is 388 g/mol. The highest BCUT2D eigenvalue weighted by atomic mass is 32.2. The first-order valence-corrected chi connectivity index (χ1v) is 9.07. The van der Waals surface area contributed by atoms with Crippen LogP contribution in [0.25, 0.3) is 4.91 Å². The predicted octanol–water partition coefficient (Wildman–Crippen LogP) is 2.07. The molecule has 2 aromatic carbocycles. The monoisotopic (exact) mass is 403 g/mol. The Kier molecular flexibility index (Phi) is 5.76. The molecule has 0 N–H and O–H groups in total. The molecular formula is C19H15O8S-. The van der Waals surface area contributed by atoms with Crippen LogP contribution in [0, 0.1) is 0 Å². The molecule has 1 aliphatic rings. The number of carbonyl (C=O) groups excluding carboxylic acids is 2. The van der Waals surface area contributed by atoms with E-state index in [1.54, 1.807) is 24.3 Å². The lowest BCUT2D eigenvalue weighted by Crippen LogP contribution is -2.32. The summed E-state index contributed by atoms with van der Waals surface area (Å²) in [6.07, 6.45) is -0.0811. The molecule has 0 saturated carbocycles. The van der Waals surface area contributed by atoms with Crippen molar-refractivity contribution in [3.63, 3.8) is 0 Å². The Morgan fingerprint density at radius 1 is 1.14 bits per heavy atom. The van der Waals surface area contributed by atoms with Crippen molar-refractivity contribution >= 4 is 27.9 Å². The van der Waals surface area contributed by atoms with Crippen molar-refractivity contribution in [3.05, 3.63) is 59.7 Å². The van der Waals surface area contributed by atoms with Crippen LogP contribution in [0.3, 0.4) is 0 Å². The van der Waals surface area contributed by atoms with Gasteiger partial charge in [-0.1, -0.05) is 18.2 Å². The maximum absolute atomic E-state index is 12.5. The molecule has 0 spiro atoms. The van der Waals surface area contributed by atoms with E-state index in [2.05, 4.69) is 4.74 Å². The van der Waals surface area contributed by atoms with Crippen LogP contribution in [0.5, 0.6) is 17.2 Å². The van der Waals surface area contributed by atoms with Crippen molar-refractivity contribution in [1.29, 1.82) is 0 Å². The molecule has 8 nitrogen and oxygen atoms in total. The van der Waals surface area contributed by atoms with Gasteiger partial charge in [0.15, 0.2) is 0 Å². The van der Waals surface area contributed by atoms with Crippen molar-refractivity contribution in [2.24, 2.45) is 0 Å². The summed E-state index contributed by atoms with van der Waals surface area (Å²) in [4.78, 5) is 24.1. The molecule has 1 heterocycles. The van der Waals surface area contributed by atoms with Crippen LogP contribution in [0.15, 0.2) is 48.5 Å². The maximum Gasteiger partial charge on any atom is 0.356 e. The lowest BCUT2D eigenvalue weighted by Gasteiger charge is -2.25. The van der Waals surface area contributed by atoms with E-state index >= 15 is 0 Å². The molecule has 2 aromatic rings.